The van der Waals surface area contributed by atoms with Gasteiger partial charge in [-0.25, -0.2) is 0 Å². The number of likely N-dealkylation sites (N-methyl/N-ethyl adjacent to an activating group) is 1. The van der Waals surface area contributed by atoms with Crippen molar-refractivity contribution in [1.29, 1.82) is 0 Å². The molecule has 1 rings (SSSR count). The van der Waals surface area contributed by atoms with E-state index < -0.39 is 0 Å². The number of nitrogens with zero attached hydrogens (tertiary/aromatic N) is 1. The van der Waals surface area contributed by atoms with Crippen LogP contribution in [0.3, 0.4) is 0 Å². The Labute approximate surface area is 139 Å². The first-order valence-corrected chi connectivity index (χ1v) is 8.51. The lowest BCUT2D eigenvalue weighted by atomic mass is 9.93. The van der Waals surface area contributed by atoms with Crippen LogP contribution in [-0.4, -0.2) is 31.6 Å². The molecule has 0 bridgehead atoms. The largest absolute Gasteiger partial charge is 0.309 e. The lowest BCUT2D eigenvalue weighted by Crippen LogP contribution is -2.43. The summed E-state index contributed by atoms with van der Waals surface area (Å²) in [6.45, 7) is 7.68. The lowest BCUT2D eigenvalue weighted by molar-refractivity contribution is 0.190. The standard InChI is InChI=1S/C17H28Cl2N2/c1-6-13(7-2)17(21(4)5)11-20-12(3)14-8-9-15(18)16(19)10-14/h8-10,12-13,17,20H,6-7,11H2,1-5H3. The topological polar surface area (TPSA) is 15.3 Å². The Morgan fingerprint density at radius 1 is 1.10 bits per heavy atom. The maximum absolute atomic E-state index is 6.10. The zero-order valence-corrected chi connectivity index (χ0v) is 15.3. The van der Waals surface area contributed by atoms with Gasteiger partial charge in [0.2, 0.25) is 0 Å². The Kier molecular flexibility index (Phi) is 8.04. The van der Waals surface area contributed by atoms with Gasteiger partial charge < -0.3 is 10.2 Å². The van der Waals surface area contributed by atoms with Crippen molar-refractivity contribution in [2.24, 2.45) is 5.92 Å². The molecular weight excluding hydrogens is 303 g/mol. The predicted octanol–water partition coefficient (Wildman–Crippen LogP) is 5.01. The summed E-state index contributed by atoms with van der Waals surface area (Å²) in [5, 5.41) is 4.86. The Morgan fingerprint density at radius 3 is 2.19 bits per heavy atom. The van der Waals surface area contributed by atoms with Crippen LogP contribution in [0.15, 0.2) is 18.2 Å². The van der Waals surface area contributed by atoms with Crippen molar-refractivity contribution < 1.29 is 0 Å². The summed E-state index contributed by atoms with van der Waals surface area (Å²) in [7, 11) is 4.32. The van der Waals surface area contributed by atoms with E-state index in [0.717, 1.165) is 6.54 Å². The Bertz CT molecular complexity index is 431. The zero-order valence-electron chi connectivity index (χ0n) is 13.8. The number of nitrogens with one attached hydrogen (secondary N) is 1. The highest BCUT2D eigenvalue weighted by atomic mass is 35.5. The van der Waals surface area contributed by atoms with Crippen LogP contribution in [-0.2, 0) is 0 Å². The Morgan fingerprint density at radius 2 is 1.71 bits per heavy atom. The van der Waals surface area contributed by atoms with Gasteiger partial charge in [0, 0.05) is 18.6 Å². The number of halogens is 2. The second kappa shape index (κ2) is 8.99. The summed E-state index contributed by atoms with van der Waals surface area (Å²) in [6.07, 6.45) is 2.42. The molecule has 0 aliphatic heterocycles. The molecule has 120 valence electrons. The minimum absolute atomic E-state index is 0.261. The van der Waals surface area contributed by atoms with Gasteiger partial charge in [0.15, 0.2) is 0 Å². The van der Waals surface area contributed by atoms with Crippen LogP contribution in [0.1, 0.15) is 45.2 Å². The third-order valence-electron chi connectivity index (χ3n) is 4.33. The molecule has 0 radical (unpaired) electrons. The van der Waals surface area contributed by atoms with E-state index in [0.29, 0.717) is 22.0 Å². The van der Waals surface area contributed by atoms with Gasteiger partial charge >= 0.3 is 0 Å². The van der Waals surface area contributed by atoms with E-state index in [9.17, 15) is 0 Å². The van der Waals surface area contributed by atoms with Gasteiger partial charge in [-0.15, -0.1) is 0 Å². The zero-order chi connectivity index (χ0) is 16.0. The molecule has 2 nitrogen and oxygen atoms in total. The first-order chi connectivity index (χ1) is 9.90. The molecule has 1 aromatic carbocycles. The van der Waals surface area contributed by atoms with Crippen molar-refractivity contribution in [1.82, 2.24) is 10.2 Å². The van der Waals surface area contributed by atoms with Crippen LogP contribution in [0.2, 0.25) is 10.0 Å². The van der Waals surface area contributed by atoms with E-state index in [1.807, 2.05) is 18.2 Å². The normalized spacial score (nSPS) is 14.7. The molecule has 0 spiro atoms. The number of hydrogen-bond donors (Lipinski definition) is 1. The fourth-order valence-electron chi connectivity index (χ4n) is 2.80. The maximum atomic E-state index is 6.10. The fraction of sp³-hybridized carbons (Fsp3) is 0.647. The lowest BCUT2D eigenvalue weighted by Gasteiger charge is -2.32. The summed E-state index contributed by atoms with van der Waals surface area (Å²) in [5.74, 6) is 0.716. The summed E-state index contributed by atoms with van der Waals surface area (Å²) in [5.41, 5.74) is 1.17. The van der Waals surface area contributed by atoms with Gasteiger partial charge in [0.1, 0.15) is 0 Å². The van der Waals surface area contributed by atoms with Crippen molar-refractivity contribution in [2.75, 3.05) is 20.6 Å². The van der Waals surface area contributed by atoms with Crippen LogP contribution >= 0.6 is 23.2 Å². The predicted molar refractivity (Wildman–Crippen MR) is 94.4 cm³/mol. The van der Waals surface area contributed by atoms with Gasteiger partial charge in [-0.05, 0) is 44.6 Å². The van der Waals surface area contributed by atoms with Crippen molar-refractivity contribution in [2.45, 2.75) is 45.7 Å². The Hall–Kier alpha value is -0.280. The van der Waals surface area contributed by atoms with E-state index in [4.69, 9.17) is 23.2 Å². The number of benzene rings is 1. The van der Waals surface area contributed by atoms with Crippen molar-refractivity contribution in [3.8, 4) is 0 Å². The van der Waals surface area contributed by atoms with Crippen LogP contribution in [0.5, 0.6) is 0 Å². The molecule has 2 unspecified atom stereocenters. The van der Waals surface area contributed by atoms with E-state index in [-0.39, 0.29) is 6.04 Å². The summed E-state index contributed by atoms with van der Waals surface area (Å²) < 4.78 is 0. The quantitative estimate of drug-likeness (QED) is 0.720. The number of rotatable bonds is 8. The fourth-order valence-corrected chi connectivity index (χ4v) is 3.11. The molecule has 0 amide bonds. The van der Waals surface area contributed by atoms with E-state index in [1.165, 1.54) is 18.4 Å². The molecule has 2 atom stereocenters. The van der Waals surface area contributed by atoms with Crippen molar-refractivity contribution >= 4 is 23.2 Å². The van der Waals surface area contributed by atoms with Crippen LogP contribution < -0.4 is 5.32 Å². The molecule has 0 aromatic heterocycles. The van der Waals surface area contributed by atoms with E-state index in [2.05, 4.69) is 45.1 Å². The first-order valence-electron chi connectivity index (χ1n) is 7.75. The molecule has 0 aliphatic rings. The molecule has 1 N–H and O–H groups in total. The van der Waals surface area contributed by atoms with Crippen molar-refractivity contribution in [3.63, 3.8) is 0 Å². The minimum atomic E-state index is 0.261. The summed E-state index contributed by atoms with van der Waals surface area (Å²) in [4.78, 5) is 2.33. The van der Waals surface area contributed by atoms with Crippen LogP contribution in [0.4, 0.5) is 0 Å². The van der Waals surface area contributed by atoms with Crippen LogP contribution in [0, 0.1) is 5.92 Å². The van der Waals surface area contributed by atoms with Crippen LogP contribution in [0.25, 0.3) is 0 Å². The highest BCUT2D eigenvalue weighted by Crippen LogP contribution is 2.26. The second-order valence-electron chi connectivity index (χ2n) is 5.91. The average Bonchev–Trinajstić information content (AvgIpc) is 2.45. The smallest absolute Gasteiger partial charge is 0.0595 e. The first kappa shape index (κ1) is 18.8. The SMILES string of the molecule is CCC(CC)C(CNC(C)c1ccc(Cl)c(Cl)c1)N(C)C. The van der Waals surface area contributed by atoms with E-state index in [1.54, 1.807) is 0 Å². The Balaban J connectivity index is 2.68. The van der Waals surface area contributed by atoms with E-state index >= 15 is 0 Å². The monoisotopic (exact) mass is 330 g/mol. The molecule has 0 saturated carbocycles. The van der Waals surface area contributed by atoms with Gasteiger partial charge in [0.05, 0.1) is 10.0 Å². The van der Waals surface area contributed by atoms with Crippen molar-refractivity contribution in [3.05, 3.63) is 33.8 Å². The highest BCUT2D eigenvalue weighted by Gasteiger charge is 2.21. The molecule has 0 aliphatic carbocycles. The third-order valence-corrected chi connectivity index (χ3v) is 5.07. The molecule has 0 heterocycles. The second-order valence-corrected chi connectivity index (χ2v) is 6.73. The van der Waals surface area contributed by atoms with Gasteiger partial charge in [-0.1, -0.05) is 56.0 Å². The summed E-state index contributed by atoms with van der Waals surface area (Å²) in [6, 6.07) is 6.65. The van der Waals surface area contributed by atoms with Gasteiger partial charge in [-0.3, -0.25) is 0 Å². The number of hydrogen-bond acceptors (Lipinski definition) is 2. The molecule has 4 heteroatoms. The molecule has 0 saturated heterocycles. The highest BCUT2D eigenvalue weighted by molar-refractivity contribution is 6.42. The summed E-state index contributed by atoms with van der Waals surface area (Å²) >= 11 is 12.1. The third kappa shape index (κ3) is 5.45. The van der Waals surface area contributed by atoms with Gasteiger partial charge in [0.25, 0.3) is 0 Å². The molecule has 1 aromatic rings. The molecular formula is C17H28Cl2N2. The average molecular weight is 331 g/mol. The minimum Gasteiger partial charge on any atom is -0.309 e. The maximum Gasteiger partial charge on any atom is 0.0595 e. The molecule has 0 fully saturated rings. The van der Waals surface area contributed by atoms with Gasteiger partial charge in [-0.2, -0.15) is 0 Å². The molecule has 21 heavy (non-hydrogen) atoms.